The molecule has 51 heavy (non-hydrogen) atoms. The fraction of sp³-hybridized carbons (Fsp3) is 0.390. The molecule has 2 aliphatic rings. The van der Waals surface area contributed by atoms with E-state index in [1.807, 2.05) is 0 Å². The van der Waals surface area contributed by atoms with Crippen molar-refractivity contribution in [2.45, 2.75) is 77.0 Å². The van der Waals surface area contributed by atoms with Crippen LogP contribution in [0.25, 0.3) is 21.5 Å². The van der Waals surface area contributed by atoms with Crippen molar-refractivity contribution in [3.05, 3.63) is 108 Å². The minimum absolute atomic E-state index is 0.228. The first-order valence-corrected chi connectivity index (χ1v) is 21.1. The number of hydrogen-bond donors (Lipinski definition) is 2. The summed E-state index contributed by atoms with van der Waals surface area (Å²) in [6.07, 6.45) is 10.3. The van der Waals surface area contributed by atoms with Crippen molar-refractivity contribution in [1.29, 1.82) is 0 Å². The first kappa shape index (κ1) is 36.9. The Kier molecular flexibility index (Phi) is 10.4. The van der Waals surface area contributed by atoms with Crippen molar-refractivity contribution < 1.29 is 30.5 Å². The van der Waals surface area contributed by atoms with E-state index in [0.717, 1.165) is 48.7 Å². The molecule has 2 heterocycles. The Hall–Kier alpha value is -3.83. The van der Waals surface area contributed by atoms with E-state index in [1.54, 1.807) is 0 Å². The number of unbranched alkanes of at least 4 members (excludes halogenated alkanes) is 4. The number of benzene rings is 4. The minimum atomic E-state index is -3.98. The Morgan fingerprint density at radius 1 is 0.667 bits per heavy atom. The first-order valence-electron chi connectivity index (χ1n) is 17.9. The van der Waals surface area contributed by atoms with Crippen LogP contribution in [-0.2, 0) is 31.1 Å². The normalized spacial score (nSPS) is 17.7. The monoisotopic (exact) mass is 729 g/mol. The van der Waals surface area contributed by atoms with E-state index in [0.29, 0.717) is 25.7 Å². The average molecular weight is 730 g/mol. The zero-order valence-electron chi connectivity index (χ0n) is 30.0. The van der Waals surface area contributed by atoms with Crippen LogP contribution >= 0.6 is 0 Å². The van der Waals surface area contributed by atoms with Crippen LogP contribution in [0.2, 0.25) is 0 Å². The molecular weight excluding hydrogens is 681 g/mol. The van der Waals surface area contributed by atoms with Gasteiger partial charge in [0.1, 0.15) is 6.54 Å². The molecule has 0 saturated carbocycles. The van der Waals surface area contributed by atoms with Crippen LogP contribution in [0.15, 0.2) is 96.7 Å². The van der Waals surface area contributed by atoms with Crippen LogP contribution < -0.4 is 4.90 Å². The second kappa shape index (κ2) is 14.3. The molecule has 10 heteroatoms. The van der Waals surface area contributed by atoms with E-state index in [4.69, 9.17) is 0 Å². The number of nitrogens with zero attached hydrogens (tertiary/aromatic N) is 2. The van der Waals surface area contributed by atoms with Gasteiger partial charge in [0, 0.05) is 47.5 Å². The molecule has 0 unspecified atom stereocenters. The third-order valence-corrected chi connectivity index (χ3v) is 12.2. The summed E-state index contributed by atoms with van der Waals surface area (Å²) in [4.78, 5) is 2.37. The van der Waals surface area contributed by atoms with Crippen LogP contribution in [0, 0.1) is 0 Å². The van der Waals surface area contributed by atoms with Gasteiger partial charge in [0.05, 0.1) is 16.9 Å². The standard InChI is InChI=1S/C41H48N2O6S2/c1-40(2)36(42(26-11-5-13-28-50(44,45)46)34-24-22-30-16-7-9-18-32(30)38(34)40)20-15-21-37-41(3,4)39-33-19-10-8-17-31(33)23-25-35(39)43(37)27-12-6-14-29-51(47,48)49/h7-10,15-25H,5-6,11-14,26-29H2,1-4H3,(H-,44,45,46,47,48,49)/p+1. The first-order chi connectivity index (χ1) is 24.1. The van der Waals surface area contributed by atoms with E-state index in [2.05, 4.69) is 128 Å². The molecule has 2 aliphatic heterocycles. The number of hydrogen-bond acceptors (Lipinski definition) is 5. The highest BCUT2D eigenvalue weighted by molar-refractivity contribution is 7.86. The summed E-state index contributed by atoms with van der Waals surface area (Å²) in [6.45, 7) is 10.5. The smallest absolute Gasteiger partial charge is 0.264 e. The number of fused-ring (bicyclic) bond motifs is 6. The van der Waals surface area contributed by atoms with Crippen molar-refractivity contribution in [2.24, 2.45) is 0 Å². The summed E-state index contributed by atoms with van der Waals surface area (Å²) in [5, 5.41) is 4.82. The van der Waals surface area contributed by atoms with Gasteiger partial charge in [0.2, 0.25) is 5.69 Å². The number of anilines is 1. The molecular formula is C41H49N2O6S2+. The molecule has 0 bridgehead atoms. The zero-order valence-corrected chi connectivity index (χ0v) is 31.6. The Morgan fingerprint density at radius 2 is 1.24 bits per heavy atom. The Balaban J connectivity index is 1.37. The van der Waals surface area contributed by atoms with Crippen molar-refractivity contribution in [3.63, 3.8) is 0 Å². The summed E-state index contributed by atoms with van der Waals surface area (Å²) in [5.41, 5.74) is 6.58. The van der Waals surface area contributed by atoms with Crippen LogP contribution in [0.3, 0.4) is 0 Å². The second-order valence-electron chi connectivity index (χ2n) is 14.9. The predicted octanol–water partition coefficient (Wildman–Crippen LogP) is 8.72. The van der Waals surface area contributed by atoms with Gasteiger partial charge in [-0.05, 0) is 84.8 Å². The Labute approximate surface area is 302 Å². The highest BCUT2D eigenvalue weighted by atomic mass is 32.2. The minimum Gasteiger partial charge on any atom is -0.344 e. The van der Waals surface area contributed by atoms with Gasteiger partial charge in [-0.25, -0.2) is 0 Å². The van der Waals surface area contributed by atoms with Crippen LogP contribution in [0.5, 0.6) is 0 Å². The van der Waals surface area contributed by atoms with E-state index in [1.165, 1.54) is 32.7 Å². The molecule has 8 nitrogen and oxygen atoms in total. The van der Waals surface area contributed by atoms with Crippen molar-refractivity contribution in [2.75, 3.05) is 29.5 Å². The largest absolute Gasteiger partial charge is 0.344 e. The van der Waals surface area contributed by atoms with Crippen molar-refractivity contribution in [1.82, 2.24) is 0 Å². The zero-order chi connectivity index (χ0) is 36.6. The molecule has 4 aromatic rings. The maximum atomic E-state index is 11.3. The SMILES string of the molecule is CC1(C)C(/C=C/C=C2\N(CCCCCS(=O)(=O)O)c3ccc4ccccc4c3C2(C)C)=[N+](CCCCCS(=O)(=O)O)c2ccc3ccccc3c21. The maximum Gasteiger partial charge on any atom is 0.264 e. The summed E-state index contributed by atoms with van der Waals surface area (Å²) in [6, 6.07) is 25.7. The third-order valence-electron chi connectivity index (χ3n) is 10.6. The van der Waals surface area contributed by atoms with Gasteiger partial charge in [-0.1, -0.05) is 80.9 Å². The van der Waals surface area contributed by atoms with E-state index < -0.39 is 20.2 Å². The molecule has 6 rings (SSSR count). The second-order valence-corrected chi connectivity index (χ2v) is 18.0. The van der Waals surface area contributed by atoms with Crippen molar-refractivity contribution in [3.8, 4) is 0 Å². The van der Waals surface area contributed by atoms with E-state index in [9.17, 15) is 25.9 Å². The van der Waals surface area contributed by atoms with Gasteiger partial charge in [-0.3, -0.25) is 9.11 Å². The fourth-order valence-electron chi connectivity index (χ4n) is 8.25. The lowest BCUT2D eigenvalue weighted by Gasteiger charge is -2.27. The highest BCUT2D eigenvalue weighted by Gasteiger charge is 2.45. The lowest BCUT2D eigenvalue weighted by molar-refractivity contribution is -0.438. The Morgan fingerprint density at radius 3 is 1.86 bits per heavy atom. The molecule has 0 spiro atoms. The van der Waals surface area contributed by atoms with Gasteiger partial charge < -0.3 is 4.90 Å². The molecule has 0 fully saturated rings. The van der Waals surface area contributed by atoms with Crippen LogP contribution in [0.1, 0.15) is 77.3 Å². The molecule has 0 atom stereocenters. The van der Waals surface area contributed by atoms with Crippen LogP contribution in [0.4, 0.5) is 11.4 Å². The topological polar surface area (TPSA) is 115 Å². The summed E-state index contributed by atoms with van der Waals surface area (Å²) in [7, 11) is -7.96. The summed E-state index contributed by atoms with van der Waals surface area (Å²) in [5.74, 6) is -0.456. The molecule has 0 aromatic heterocycles. The fourth-order valence-corrected chi connectivity index (χ4v) is 9.38. The van der Waals surface area contributed by atoms with Crippen molar-refractivity contribution >= 4 is 58.9 Å². The quantitative estimate of drug-likeness (QED) is 0.0758. The third kappa shape index (κ3) is 7.70. The van der Waals surface area contributed by atoms with Gasteiger partial charge in [-0.2, -0.15) is 21.4 Å². The van der Waals surface area contributed by atoms with E-state index in [-0.39, 0.29) is 22.3 Å². The molecule has 0 amide bonds. The summed E-state index contributed by atoms with van der Waals surface area (Å²) >= 11 is 0. The molecule has 0 radical (unpaired) electrons. The van der Waals surface area contributed by atoms with Gasteiger partial charge in [-0.15, -0.1) is 0 Å². The van der Waals surface area contributed by atoms with Gasteiger partial charge in [0.15, 0.2) is 5.71 Å². The molecule has 2 N–H and O–H groups in total. The van der Waals surface area contributed by atoms with Gasteiger partial charge in [0.25, 0.3) is 20.2 Å². The predicted molar refractivity (Wildman–Crippen MR) is 209 cm³/mol. The molecule has 0 saturated heterocycles. The van der Waals surface area contributed by atoms with E-state index >= 15 is 0 Å². The maximum absolute atomic E-state index is 11.3. The van der Waals surface area contributed by atoms with Crippen LogP contribution in [-0.4, -0.2) is 60.8 Å². The number of rotatable bonds is 14. The molecule has 270 valence electrons. The highest BCUT2D eigenvalue weighted by Crippen LogP contribution is 2.51. The van der Waals surface area contributed by atoms with Gasteiger partial charge >= 0.3 is 0 Å². The number of allylic oxidation sites excluding steroid dienone is 4. The lowest BCUT2D eigenvalue weighted by Crippen LogP contribution is -2.28. The molecule has 4 aromatic carbocycles. The molecule has 0 aliphatic carbocycles. The Bertz CT molecular complexity index is 2290. The average Bonchev–Trinajstić information content (AvgIpc) is 3.42. The lowest BCUT2D eigenvalue weighted by atomic mass is 9.79. The summed E-state index contributed by atoms with van der Waals surface area (Å²) < 4.78 is 66.1.